The summed E-state index contributed by atoms with van der Waals surface area (Å²) in [7, 11) is 4.24. The molecule has 0 amide bonds. The van der Waals surface area contributed by atoms with Crippen LogP contribution in [0, 0.1) is 0 Å². The van der Waals surface area contributed by atoms with Gasteiger partial charge in [-0.05, 0) is 29.7 Å². The maximum atomic E-state index is 12.6. The third-order valence-electron chi connectivity index (χ3n) is 4.02. The number of ether oxygens (including phenoxy) is 3. The Morgan fingerprint density at radius 1 is 1.00 bits per heavy atom. The highest BCUT2D eigenvalue weighted by molar-refractivity contribution is 6.33. The number of aromatic nitrogens is 1. The number of esters is 1. The Morgan fingerprint density at radius 2 is 1.73 bits per heavy atom. The molecule has 1 heterocycles. The second-order valence-corrected chi connectivity index (χ2v) is 5.83. The number of pyridine rings is 1. The number of carbonyl (C=O) groups is 1. The fourth-order valence-corrected chi connectivity index (χ4v) is 2.99. The number of rotatable bonds is 4. The predicted octanol–water partition coefficient (Wildman–Crippen LogP) is 3.45. The number of fused-ring (bicyclic) bond motifs is 1. The molecular formula is C19H16ClNO5. The minimum Gasteiger partial charge on any atom is -0.497 e. The summed E-state index contributed by atoms with van der Waals surface area (Å²) in [5.74, 6) is 0.274. The Kier molecular flexibility index (Phi) is 4.86. The molecule has 0 aliphatic rings. The van der Waals surface area contributed by atoms with Crippen molar-refractivity contribution in [3.05, 3.63) is 63.4 Å². The highest BCUT2D eigenvalue weighted by atomic mass is 35.5. The Bertz CT molecular complexity index is 1060. The van der Waals surface area contributed by atoms with Crippen LogP contribution in [-0.2, 0) is 4.74 Å². The van der Waals surface area contributed by atoms with Crippen molar-refractivity contribution in [3.63, 3.8) is 0 Å². The molecule has 0 radical (unpaired) electrons. The molecule has 0 saturated carbocycles. The van der Waals surface area contributed by atoms with Gasteiger partial charge in [0.15, 0.2) is 0 Å². The van der Waals surface area contributed by atoms with Gasteiger partial charge in [0.1, 0.15) is 17.1 Å². The first-order chi connectivity index (χ1) is 12.5. The minimum absolute atomic E-state index is 0.176. The van der Waals surface area contributed by atoms with Crippen molar-refractivity contribution in [2.75, 3.05) is 21.3 Å². The number of hydrogen-bond acceptors (Lipinski definition) is 5. The minimum atomic E-state index is -0.581. The topological polar surface area (TPSA) is 66.8 Å². The Labute approximate surface area is 154 Å². The van der Waals surface area contributed by atoms with Crippen molar-refractivity contribution in [3.8, 4) is 17.2 Å². The van der Waals surface area contributed by atoms with Crippen LogP contribution in [0.15, 0.2) is 47.3 Å². The second kappa shape index (κ2) is 7.09. The van der Waals surface area contributed by atoms with E-state index in [1.807, 2.05) is 6.07 Å². The molecule has 0 saturated heterocycles. The van der Waals surface area contributed by atoms with Crippen LogP contribution in [0.5, 0.6) is 11.5 Å². The van der Waals surface area contributed by atoms with Crippen molar-refractivity contribution in [1.82, 2.24) is 4.57 Å². The largest absolute Gasteiger partial charge is 0.497 e. The van der Waals surface area contributed by atoms with E-state index in [1.165, 1.54) is 37.0 Å². The lowest BCUT2D eigenvalue weighted by molar-refractivity contribution is 0.0597. The number of benzene rings is 2. The molecule has 0 N–H and O–H groups in total. The van der Waals surface area contributed by atoms with Gasteiger partial charge in [0.25, 0.3) is 5.56 Å². The van der Waals surface area contributed by atoms with Gasteiger partial charge in [0, 0.05) is 18.2 Å². The standard InChI is InChI=1S/C19H16ClNO5/c1-24-12-6-4-11-5-7-18(22)21(15(11)8-12)16-10-17(25-2)13(9-14(16)20)19(23)26-3/h4-10H,1-3H3. The number of methoxy groups -OCH3 is 3. The van der Waals surface area contributed by atoms with Crippen LogP contribution in [0.2, 0.25) is 5.02 Å². The zero-order valence-corrected chi connectivity index (χ0v) is 15.2. The van der Waals surface area contributed by atoms with E-state index in [-0.39, 0.29) is 21.9 Å². The molecule has 0 fully saturated rings. The van der Waals surface area contributed by atoms with E-state index in [2.05, 4.69) is 0 Å². The molecule has 134 valence electrons. The number of hydrogen-bond donors (Lipinski definition) is 0. The molecule has 0 spiro atoms. The van der Waals surface area contributed by atoms with E-state index in [1.54, 1.807) is 25.3 Å². The third kappa shape index (κ3) is 2.99. The van der Waals surface area contributed by atoms with Gasteiger partial charge in [-0.15, -0.1) is 0 Å². The lowest BCUT2D eigenvalue weighted by Gasteiger charge is -2.15. The molecule has 26 heavy (non-hydrogen) atoms. The first kappa shape index (κ1) is 17.8. The van der Waals surface area contributed by atoms with Crippen LogP contribution in [0.25, 0.3) is 16.6 Å². The maximum Gasteiger partial charge on any atom is 0.341 e. The van der Waals surface area contributed by atoms with E-state index in [0.29, 0.717) is 17.0 Å². The smallest absolute Gasteiger partial charge is 0.341 e. The van der Waals surface area contributed by atoms with Crippen LogP contribution in [0.1, 0.15) is 10.4 Å². The average molecular weight is 374 g/mol. The van der Waals surface area contributed by atoms with Gasteiger partial charge in [-0.1, -0.05) is 11.6 Å². The third-order valence-corrected chi connectivity index (χ3v) is 4.32. The van der Waals surface area contributed by atoms with Crippen LogP contribution in [0.3, 0.4) is 0 Å². The molecule has 0 aliphatic heterocycles. The fourth-order valence-electron chi connectivity index (χ4n) is 2.74. The van der Waals surface area contributed by atoms with E-state index in [0.717, 1.165) is 5.39 Å². The monoisotopic (exact) mass is 373 g/mol. The maximum absolute atomic E-state index is 12.6. The summed E-state index contributed by atoms with van der Waals surface area (Å²) >= 11 is 6.39. The molecule has 1 aromatic heterocycles. The zero-order valence-electron chi connectivity index (χ0n) is 14.4. The van der Waals surface area contributed by atoms with Gasteiger partial charge < -0.3 is 14.2 Å². The van der Waals surface area contributed by atoms with Gasteiger partial charge in [-0.2, -0.15) is 0 Å². The summed E-state index contributed by atoms with van der Waals surface area (Å²) in [4.78, 5) is 24.5. The molecule has 3 rings (SSSR count). The van der Waals surface area contributed by atoms with Crippen LogP contribution in [0.4, 0.5) is 0 Å². The summed E-state index contributed by atoms with van der Waals surface area (Å²) in [5.41, 5.74) is 0.904. The molecule has 6 nitrogen and oxygen atoms in total. The fraction of sp³-hybridized carbons (Fsp3) is 0.158. The normalized spacial score (nSPS) is 10.6. The predicted molar refractivity (Wildman–Crippen MR) is 99.0 cm³/mol. The molecule has 0 atom stereocenters. The van der Waals surface area contributed by atoms with Gasteiger partial charge in [-0.25, -0.2) is 4.79 Å². The summed E-state index contributed by atoms with van der Waals surface area (Å²) in [5, 5.41) is 1.04. The second-order valence-electron chi connectivity index (χ2n) is 5.43. The number of nitrogens with zero attached hydrogens (tertiary/aromatic N) is 1. The van der Waals surface area contributed by atoms with Crippen molar-refractivity contribution >= 4 is 28.5 Å². The van der Waals surface area contributed by atoms with Crippen molar-refractivity contribution in [2.45, 2.75) is 0 Å². The zero-order chi connectivity index (χ0) is 18.8. The van der Waals surface area contributed by atoms with Crippen molar-refractivity contribution in [2.24, 2.45) is 0 Å². The molecule has 0 unspecified atom stereocenters. The number of halogens is 1. The molecular weight excluding hydrogens is 358 g/mol. The van der Waals surface area contributed by atoms with E-state index < -0.39 is 5.97 Å². The first-order valence-corrected chi connectivity index (χ1v) is 8.04. The first-order valence-electron chi connectivity index (χ1n) is 7.66. The van der Waals surface area contributed by atoms with Gasteiger partial charge in [0.05, 0.1) is 37.6 Å². The Balaban J connectivity index is 2.35. The lowest BCUT2D eigenvalue weighted by Crippen LogP contribution is -2.18. The van der Waals surface area contributed by atoms with E-state index in [4.69, 9.17) is 25.8 Å². The summed E-state index contributed by atoms with van der Waals surface area (Å²) in [6, 6.07) is 11.5. The Morgan fingerprint density at radius 3 is 2.38 bits per heavy atom. The molecule has 0 bridgehead atoms. The van der Waals surface area contributed by atoms with Crippen LogP contribution >= 0.6 is 11.6 Å². The van der Waals surface area contributed by atoms with Gasteiger partial charge >= 0.3 is 5.97 Å². The SMILES string of the molecule is COC(=O)c1cc(Cl)c(-n2c(=O)ccc3ccc(OC)cc32)cc1OC. The number of carbonyl (C=O) groups excluding carboxylic acids is 1. The molecule has 0 aliphatic carbocycles. The lowest BCUT2D eigenvalue weighted by atomic mass is 10.1. The summed E-state index contributed by atoms with van der Waals surface area (Å²) in [6.07, 6.45) is 0. The highest BCUT2D eigenvalue weighted by Crippen LogP contribution is 2.32. The summed E-state index contributed by atoms with van der Waals surface area (Å²) in [6.45, 7) is 0. The Hall–Kier alpha value is -2.99. The summed E-state index contributed by atoms with van der Waals surface area (Å²) < 4.78 is 16.7. The molecule has 3 aromatic rings. The van der Waals surface area contributed by atoms with Crippen molar-refractivity contribution in [1.29, 1.82) is 0 Å². The van der Waals surface area contributed by atoms with E-state index in [9.17, 15) is 9.59 Å². The van der Waals surface area contributed by atoms with Crippen molar-refractivity contribution < 1.29 is 19.0 Å². The molecule has 2 aromatic carbocycles. The van der Waals surface area contributed by atoms with Crippen LogP contribution in [-0.4, -0.2) is 31.9 Å². The quantitative estimate of drug-likeness (QED) is 0.655. The van der Waals surface area contributed by atoms with Crippen LogP contribution < -0.4 is 15.0 Å². The van der Waals surface area contributed by atoms with Gasteiger partial charge in [-0.3, -0.25) is 9.36 Å². The van der Waals surface area contributed by atoms with Gasteiger partial charge in [0.2, 0.25) is 0 Å². The highest BCUT2D eigenvalue weighted by Gasteiger charge is 2.19. The average Bonchev–Trinajstić information content (AvgIpc) is 2.67. The molecule has 7 heteroatoms. The van der Waals surface area contributed by atoms with E-state index >= 15 is 0 Å².